The third-order valence-corrected chi connectivity index (χ3v) is 5.18. The lowest BCUT2D eigenvalue weighted by Gasteiger charge is -2.23. The maximum atomic E-state index is 12.1. The van der Waals surface area contributed by atoms with E-state index in [4.69, 9.17) is 10.00 Å². The highest BCUT2D eigenvalue weighted by Crippen LogP contribution is 2.16. The maximum Gasteiger partial charge on any atom is 0.234 e. The zero-order valence-corrected chi connectivity index (χ0v) is 15.4. The Bertz CT molecular complexity index is 793. The Hall–Kier alpha value is -2.41. The van der Waals surface area contributed by atoms with Gasteiger partial charge >= 0.3 is 0 Å². The summed E-state index contributed by atoms with van der Waals surface area (Å²) in [6, 6.07) is 8.82. The highest BCUT2D eigenvalue weighted by atomic mass is 32.2. The number of thioether (sulfide) groups is 1. The Morgan fingerprint density at radius 2 is 2.08 bits per heavy atom. The maximum absolute atomic E-state index is 12.1. The van der Waals surface area contributed by atoms with Crippen LogP contribution in [0.3, 0.4) is 0 Å². The molecule has 9 heteroatoms. The molecule has 0 atom stereocenters. The minimum Gasteiger partial charge on any atom is -0.370 e. The second-order valence-electron chi connectivity index (χ2n) is 6.02. The zero-order valence-electron chi connectivity index (χ0n) is 14.6. The van der Waals surface area contributed by atoms with E-state index in [-0.39, 0.29) is 11.7 Å². The smallest absolute Gasteiger partial charge is 0.234 e. The van der Waals surface area contributed by atoms with Gasteiger partial charge in [-0.05, 0) is 24.3 Å². The lowest BCUT2D eigenvalue weighted by Crippen LogP contribution is -3.12. The van der Waals surface area contributed by atoms with Gasteiger partial charge < -0.3 is 19.5 Å². The first kappa shape index (κ1) is 18.4. The number of rotatable bonds is 6. The van der Waals surface area contributed by atoms with Gasteiger partial charge in [0.15, 0.2) is 11.0 Å². The quantitative estimate of drug-likeness (QED) is 0.683. The van der Waals surface area contributed by atoms with Crippen LogP contribution in [-0.4, -0.2) is 52.7 Å². The standard InChI is InChI=1S/C17H20N6O2S/c1-22-15(11-23-6-8-25-9-7-23)20-21-17(22)26-12-16(24)19-14-4-2-13(10-18)3-5-14/h2-5H,6-9,11-12H2,1H3,(H,19,24)/p+1. The van der Waals surface area contributed by atoms with Gasteiger partial charge in [0.1, 0.15) is 19.6 Å². The molecule has 0 unspecified atom stereocenters. The topological polar surface area (TPSA) is 97.3 Å². The van der Waals surface area contributed by atoms with Crippen molar-refractivity contribution in [2.45, 2.75) is 11.7 Å². The molecule has 0 saturated carbocycles. The third-order valence-electron chi connectivity index (χ3n) is 4.16. The molecule has 2 aromatic rings. The number of nitrogens with one attached hydrogen (secondary N) is 2. The van der Waals surface area contributed by atoms with Crippen molar-refractivity contribution >= 4 is 23.4 Å². The normalized spacial score (nSPS) is 14.8. The summed E-state index contributed by atoms with van der Waals surface area (Å²) in [6.07, 6.45) is 0. The highest BCUT2D eigenvalue weighted by molar-refractivity contribution is 7.99. The van der Waals surface area contributed by atoms with Gasteiger partial charge in [-0.3, -0.25) is 4.79 Å². The number of carbonyl (C=O) groups excluding carboxylic acids is 1. The molecule has 26 heavy (non-hydrogen) atoms. The first-order valence-electron chi connectivity index (χ1n) is 8.38. The molecular formula is C17H21N6O2S+. The zero-order chi connectivity index (χ0) is 18.4. The van der Waals surface area contributed by atoms with E-state index in [1.165, 1.54) is 16.7 Å². The number of anilines is 1. The van der Waals surface area contributed by atoms with Crippen LogP contribution in [0.2, 0.25) is 0 Å². The Kier molecular flexibility index (Phi) is 6.22. The fourth-order valence-electron chi connectivity index (χ4n) is 2.64. The molecule has 2 N–H and O–H groups in total. The number of ether oxygens (including phenoxy) is 1. The van der Waals surface area contributed by atoms with E-state index in [0.29, 0.717) is 11.3 Å². The molecule has 0 spiro atoms. The molecule has 1 amide bonds. The molecule has 0 aliphatic carbocycles. The SMILES string of the molecule is Cn1c(C[NH+]2CCOCC2)nnc1SCC(=O)Nc1ccc(C#N)cc1. The molecule has 1 saturated heterocycles. The van der Waals surface area contributed by atoms with Crippen LogP contribution < -0.4 is 10.2 Å². The average molecular weight is 373 g/mol. The second-order valence-corrected chi connectivity index (χ2v) is 6.97. The van der Waals surface area contributed by atoms with Crippen molar-refractivity contribution in [1.82, 2.24) is 14.8 Å². The summed E-state index contributed by atoms with van der Waals surface area (Å²) in [7, 11) is 1.93. The van der Waals surface area contributed by atoms with Gasteiger partial charge in [0.2, 0.25) is 5.91 Å². The van der Waals surface area contributed by atoms with Crippen LogP contribution in [-0.2, 0) is 23.1 Å². The molecule has 1 aliphatic rings. The minimum absolute atomic E-state index is 0.122. The Morgan fingerprint density at radius 1 is 1.35 bits per heavy atom. The molecule has 3 rings (SSSR count). The van der Waals surface area contributed by atoms with Gasteiger partial charge in [-0.2, -0.15) is 5.26 Å². The molecule has 136 valence electrons. The predicted octanol–water partition coefficient (Wildman–Crippen LogP) is -0.167. The van der Waals surface area contributed by atoms with Crippen molar-refractivity contribution in [2.75, 3.05) is 37.4 Å². The van der Waals surface area contributed by atoms with Crippen LogP contribution in [0.15, 0.2) is 29.4 Å². The Morgan fingerprint density at radius 3 is 2.77 bits per heavy atom. The van der Waals surface area contributed by atoms with Gasteiger partial charge in [0, 0.05) is 12.7 Å². The molecule has 0 radical (unpaired) electrons. The van der Waals surface area contributed by atoms with Gasteiger partial charge in [0.25, 0.3) is 0 Å². The lowest BCUT2D eigenvalue weighted by atomic mass is 10.2. The van der Waals surface area contributed by atoms with Crippen molar-refractivity contribution in [3.63, 3.8) is 0 Å². The first-order valence-corrected chi connectivity index (χ1v) is 9.36. The van der Waals surface area contributed by atoms with Crippen LogP contribution in [0.4, 0.5) is 5.69 Å². The molecule has 1 aromatic heterocycles. The number of hydrogen-bond acceptors (Lipinski definition) is 6. The lowest BCUT2D eigenvalue weighted by molar-refractivity contribution is -0.922. The van der Waals surface area contributed by atoms with Crippen LogP contribution in [0.1, 0.15) is 11.4 Å². The molecule has 8 nitrogen and oxygen atoms in total. The van der Waals surface area contributed by atoms with Crippen LogP contribution in [0.25, 0.3) is 0 Å². The van der Waals surface area contributed by atoms with Gasteiger partial charge in [-0.1, -0.05) is 11.8 Å². The van der Waals surface area contributed by atoms with Crippen molar-refractivity contribution in [1.29, 1.82) is 5.26 Å². The van der Waals surface area contributed by atoms with Crippen molar-refractivity contribution in [3.05, 3.63) is 35.7 Å². The largest absolute Gasteiger partial charge is 0.370 e. The number of quaternary nitrogens is 1. The van der Waals surface area contributed by atoms with Crippen molar-refractivity contribution in [2.24, 2.45) is 7.05 Å². The van der Waals surface area contributed by atoms with Crippen LogP contribution >= 0.6 is 11.8 Å². The molecule has 2 heterocycles. The predicted molar refractivity (Wildman–Crippen MR) is 96.7 cm³/mol. The fraction of sp³-hybridized carbons (Fsp3) is 0.412. The number of nitriles is 1. The molecule has 1 aromatic carbocycles. The molecule has 0 bridgehead atoms. The summed E-state index contributed by atoms with van der Waals surface area (Å²) in [6.45, 7) is 4.32. The summed E-state index contributed by atoms with van der Waals surface area (Å²) in [4.78, 5) is 13.5. The van der Waals surface area contributed by atoms with Crippen LogP contribution in [0.5, 0.6) is 0 Å². The molecular weight excluding hydrogens is 352 g/mol. The van der Waals surface area contributed by atoms with Gasteiger partial charge in [-0.25, -0.2) is 0 Å². The molecule has 1 aliphatic heterocycles. The summed E-state index contributed by atoms with van der Waals surface area (Å²) >= 11 is 1.36. The monoisotopic (exact) mass is 373 g/mol. The number of carbonyl (C=O) groups is 1. The Labute approximate surface area is 156 Å². The number of aromatic nitrogens is 3. The van der Waals surface area contributed by atoms with Crippen LogP contribution in [0, 0.1) is 11.3 Å². The van der Waals surface area contributed by atoms with Gasteiger partial charge in [0.05, 0.1) is 30.6 Å². The van der Waals surface area contributed by atoms with E-state index in [9.17, 15) is 4.79 Å². The second kappa shape index (κ2) is 8.80. The number of hydrogen-bond donors (Lipinski definition) is 2. The number of morpholine rings is 1. The number of nitrogens with zero attached hydrogens (tertiary/aromatic N) is 4. The average Bonchev–Trinajstić information content (AvgIpc) is 3.01. The summed E-state index contributed by atoms with van der Waals surface area (Å²) in [5.74, 6) is 1.04. The number of benzene rings is 1. The van der Waals surface area contributed by atoms with E-state index in [2.05, 4.69) is 15.5 Å². The van der Waals surface area contributed by atoms with Gasteiger partial charge in [-0.15, -0.1) is 10.2 Å². The summed E-state index contributed by atoms with van der Waals surface area (Å²) < 4.78 is 7.32. The van der Waals surface area contributed by atoms with E-state index in [1.54, 1.807) is 24.3 Å². The summed E-state index contributed by atoms with van der Waals surface area (Å²) in [5, 5.41) is 20.8. The van der Waals surface area contributed by atoms with E-state index >= 15 is 0 Å². The van der Waals surface area contributed by atoms with E-state index in [1.807, 2.05) is 17.7 Å². The molecule has 1 fully saturated rings. The first-order chi connectivity index (χ1) is 12.7. The van der Waals surface area contributed by atoms with E-state index < -0.39 is 0 Å². The third kappa shape index (κ3) is 4.82. The van der Waals surface area contributed by atoms with Crippen molar-refractivity contribution in [3.8, 4) is 6.07 Å². The van der Waals surface area contributed by atoms with Crippen molar-refractivity contribution < 1.29 is 14.4 Å². The Balaban J connectivity index is 1.50. The highest BCUT2D eigenvalue weighted by Gasteiger charge is 2.19. The number of amides is 1. The minimum atomic E-state index is -0.122. The summed E-state index contributed by atoms with van der Waals surface area (Å²) in [5.41, 5.74) is 1.23. The fourth-order valence-corrected chi connectivity index (χ4v) is 3.37. The van der Waals surface area contributed by atoms with E-state index in [0.717, 1.165) is 43.8 Å².